The molecule has 0 aromatic heterocycles. The first kappa shape index (κ1) is 11.3. The number of ether oxygens (including phenoxy) is 1. The van der Waals surface area contributed by atoms with Crippen molar-refractivity contribution in [2.24, 2.45) is 0 Å². The highest BCUT2D eigenvalue weighted by Gasteiger charge is 2.12. The zero-order chi connectivity index (χ0) is 12.4. The Hall–Kier alpha value is -2.23. The standard InChI is InChI=1S/C13H12O4/c1-2-17-13(16)9-6-8-4-3-5-10(14)12(8)11(15)7-9/h3-7,14-15H,2H2,1H3. The van der Waals surface area contributed by atoms with Crippen molar-refractivity contribution in [1.82, 2.24) is 0 Å². The number of rotatable bonds is 2. The van der Waals surface area contributed by atoms with E-state index >= 15 is 0 Å². The number of hydrogen-bond acceptors (Lipinski definition) is 4. The fourth-order valence-corrected chi connectivity index (χ4v) is 1.72. The highest BCUT2D eigenvalue weighted by molar-refractivity contribution is 6.00. The molecule has 2 N–H and O–H groups in total. The maximum Gasteiger partial charge on any atom is 0.338 e. The molecule has 0 unspecified atom stereocenters. The molecular weight excluding hydrogens is 220 g/mol. The van der Waals surface area contributed by atoms with Crippen LogP contribution < -0.4 is 0 Å². The number of fused-ring (bicyclic) bond motifs is 1. The van der Waals surface area contributed by atoms with Gasteiger partial charge in [0.25, 0.3) is 0 Å². The molecular formula is C13H12O4. The van der Waals surface area contributed by atoms with E-state index in [0.717, 1.165) is 0 Å². The van der Waals surface area contributed by atoms with Gasteiger partial charge in [-0.05, 0) is 30.5 Å². The Morgan fingerprint density at radius 2 is 2.00 bits per heavy atom. The topological polar surface area (TPSA) is 66.8 Å². The molecule has 0 spiro atoms. The van der Waals surface area contributed by atoms with Crippen LogP contribution in [-0.2, 0) is 4.74 Å². The van der Waals surface area contributed by atoms with Crippen molar-refractivity contribution in [2.75, 3.05) is 6.61 Å². The van der Waals surface area contributed by atoms with Gasteiger partial charge in [0.1, 0.15) is 11.5 Å². The van der Waals surface area contributed by atoms with E-state index in [0.29, 0.717) is 10.8 Å². The van der Waals surface area contributed by atoms with Crippen molar-refractivity contribution in [3.8, 4) is 11.5 Å². The number of hydrogen-bond donors (Lipinski definition) is 2. The first-order valence-electron chi connectivity index (χ1n) is 5.25. The third kappa shape index (κ3) is 2.01. The van der Waals surface area contributed by atoms with Crippen LogP contribution in [0.1, 0.15) is 17.3 Å². The number of phenolic OH excluding ortho intramolecular Hbond substituents is 2. The average Bonchev–Trinajstić information content (AvgIpc) is 2.29. The lowest BCUT2D eigenvalue weighted by Gasteiger charge is -2.07. The molecule has 4 heteroatoms. The highest BCUT2D eigenvalue weighted by Crippen LogP contribution is 2.33. The summed E-state index contributed by atoms with van der Waals surface area (Å²) in [6.45, 7) is 1.99. The van der Waals surface area contributed by atoms with E-state index in [9.17, 15) is 15.0 Å². The minimum atomic E-state index is -0.493. The Kier molecular flexibility index (Phi) is 2.87. The normalized spacial score (nSPS) is 10.4. The zero-order valence-corrected chi connectivity index (χ0v) is 9.30. The number of carbonyl (C=O) groups excluding carboxylic acids is 1. The van der Waals surface area contributed by atoms with Crippen LogP contribution in [0.2, 0.25) is 0 Å². The second-order valence-corrected chi connectivity index (χ2v) is 3.59. The van der Waals surface area contributed by atoms with Crippen molar-refractivity contribution in [3.63, 3.8) is 0 Å². The van der Waals surface area contributed by atoms with E-state index in [1.165, 1.54) is 12.1 Å². The molecule has 0 amide bonds. The summed E-state index contributed by atoms with van der Waals surface area (Å²) >= 11 is 0. The molecule has 88 valence electrons. The monoisotopic (exact) mass is 232 g/mol. The molecule has 0 aliphatic rings. The van der Waals surface area contributed by atoms with Gasteiger partial charge in [0, 0.05) is 0 Å². The van der Waals surface area contributed by atoms with Crippen LogP contribution in [0.5, 0.6) is 11.5 Å². The van der Waals surface area contributed by atoms with Crippen molar-refractivity contribution in [1.29, 1.82) is 0 Å². The van der Waals surface area contributed by atoms with E-state index < -0.39 is 5.97 Å². The van der Waals surface area contributed by atoms with Gasteiger partial charge in [0.15, 0.2) is 0 Å². The summed E-state index contributed by atoms with van der Waals surface area (Å²) < 4.78 is 4.85. The minimum absolute atomic E-state index is 0.0181. The number of esters is 1. The molecule has 0 saturated carbocycles. The number of aromatic hydroxyl groups is 2. The largest absolute Gasteiger partial charge is 0.507 e. The summed E-state index contributed by atoms with van der Waals surface area (Å²) in [5.74, 6) is -0.646. The quantitative estimate of drug-likeness (QED) is 0.780. The first-order chi connectivity index (χ1) is 8.13. The smallest absolute Gasteiger partial charge is 0.338 e. The van der Waals surface area contributed by atoms with E-state index in [1.807, 2.05) is 0 Å². The van der Waals surface area contributed by atoms with Gasteiger partial charge in [-0.3, -0.25) is 0 Å². The molecule has 4 nitrogen and oxygen atoms in total. The lowest BCUT2D eigenvalue weighted by atomic mass is 10.1. The van der Waals surface area contributed by atoms with Gasteiger partial charge in [-0.25, -0.2) is 4.79 Å². The summed E-state index contributed by atoms with van der Waals surface area (Å²) in [7, 11) is 0. The number of phenols is 2. The van der Waals surface area contributed by atoms with Gasteiger partial charge in [-0.2, -0.15) is 0 Å². The van der Waals surface area contributed by atoms with Crippen LogP contribution in [0.25, 0.3) is 10.8 Å². The fraction of sp³-hybridized carbons (Fsp3) is 0.154. The Labute approximate surface area is 98.1 Å². The van der Waals surface area contributed by atoms with Gasteiger partial charge in [-0.1, -0.05) is 12.1 Å². The van der Waals surface area contributed by atoms with Crippen LogP contribution >= 0.6 is 0 Å². The summed E-state index contributed by atoms with van der Waals surface area (Å²) in [4.78, 5) is 11.5. The first-order valence-corrected chi connectivity index (χ1v) is 5.25. The van der Waals surface area contributed by atoms with Gasteiger partial charge in [-0.15, -0.1) is 0 Å². The maximum absolute atomic E-state index is 11.5. The third-order valence-corrected chi connectivity index (χ3v) is 2.45. The van der Waals surface area contributed by atoms with E-state index in [4.69, 9.17) is 4.74 Å². The third-order valence-electron chi connectivity index (χ3n) is 2.45. The van der Waals surface area contributed by atoms with Crippen LogP contribution in [0.4, 0.5) is 0 Å². The Balaban J connectivity index is 2.60. The summed E-state index contributed by atoms with van der Waals surface area (Å²) in [6, 6.07) is 7.70. The Bertz CT molecular complexity index is 575. The molecule has 2 rings (SSSR count). The maximum atomic E-state index is 11.5. The predicted octanol–water partition coefficient (Wildman–Crippen LogP) is 2.43. The molecule has 0 fully saturated rings. The average molecular weight is 232 g/mol. The summed E-state index contributed by atoms with van der Waals surface area (Å²) in [5.41, 5.74) is 0.266. The number of benzene rings is 2. The molecule has 2 aromatic carbocycles. The molecule has 0 saturated heterocycles. The molecule has 0 heterocycles. The van der Waals surface area contributed by atoms with Crippen LogP contribution in [0, 0.1) is 0 Å². The van der Waals surface area contributed by atoms with E-state index in [1.54, 1.807) is 25.1 Å². The fourth-order valence-electron chi connectivity index (χ4n) is 1.72. The van der Waals surface area contributed by atoms with E-state index in [-0.39, 0.29) is 23.7 Å². The van der Waals surface area contributed by atoms with Crippen LogP contribution in [-0.4, -0.2) is 22.8 Å². The number of carbonyl (C=O) groups is 1. The second-order valence-electron chi connectivity index (χ2n) is 3.59. The zero-order valence-electron chi connectivity index (χ0n) is 9.30. The molecule has 2 aromatic rings. The van der Waals surface area contributed by atoms with Gasteiger partial charge in [0.05, 0.1) is 17.6 Å². The molecule has 0 radical (unpaired) electrons. The summed E-state index contributed by atoms with van der Waals surface area (Å²) in [6.07, 6.45) is 0. The van der Waals surface area contributed by atoms with Gasteiger partial charge < -0.3 is 14.9 Å². The van der Waals surface area contributed by atoms with Crippen molar-refractivity contribution in [2.45, 2.75) is 6.92 Å². The molecule has 0 aliphatic carbocycles. The minimum Gasteiger partial charge on any atom is -0.507 e. The SMILES string of the molecule is CCOC(=O)c1cc(O)c2c(O)cccc2c1. The van der Waals surface area contributed by atoms with Crippen LogP contribution in [0.3, 0.4) is 0 Å². The molecule has 0 bridgehead atoms. The van der Waals surface area contributed by atoms with Crippen molar-refractivity contribution < 1.29 is 19.7 Å². The predicted molar refractivity (Wildman–Crippen MR) is 63.2 cm³/mol. The molecule has 17 heavy (non-hydrogen) atoms. The van der Waals surface area contributed by atoms with E-state index in [2.05, 4.69) is 0 Å². The lowest BCUT2D eigenvalue weighted by Crippen LogP contribution is -2.04. The Morgan fingerprint density at radius 3 is 2.71 bits per heavy atom. The van der Waals surface area contributed by atoms with Gasteiger partial charge in [0.2, 0.25) is 0 Å². The molecule has 0 atom stereocenters. The molecule has 0 aliphatic heterocycles. The van der Waals surface area contributed by atoms with Gasteiger partial charge >= 0.3 is 5.97 Å². The lowest BCUT2D eigenvalue weighted by molar-refractivity contribution is 0.0526. The second kappa shape index (κ2) is 4.33. The van der Waals surface area contributed by atoms with Crippen LogP contribution in [0.15, 0.2) is 30.3 Å². The summed E-state index contributed by atoms with van der Waals surface area (Å²) in [5, 5.41) is 20.3. The highest BCUT2D eigenvalue weighted by atomic mass is 16.5. The Morgan fingerprint density at radius 1 is 1.24 bits per heavy atom. The van der Waals surface area contributed by atoms with Crippen molar-refractivity contribution >= 4 is 16.7 Å². The van der Waals surface area contributed by atoms with Crippen molar-refractivity contribution in [3.05, 3.63) is 35.9 Å².